The molecule has 1 aliphatic heterocycles. The Morgan fingerprint density at radius 2 is 1.41 bits per heavy atom. The Kier molecular flexibility index (Phi) is 9.65. The van der Waals surface area contributed by atoms with E-state index in [1.165, 1.54) is 18.2 Å². The molecule has 0 saturated carbocycles. The topological polar surface area (TPSA) is 144 Å². The van der Waals surface area contributed by atoms with Crippen LogP contribution in [-0.4, -0.2) is 38.5 Å². The number of fused-ring (bicyclic) bond motifs is 5. The maximum Gasteiger partial charge on any atom is 0.336 e. The smallest absolute Gasteiger partial charge is 0.336 e. The van der Waals surface area contributed by atoms with Gasteiger partial charge in [-0.3, -0.25) is 9.59 Å². The van der Waals surface area contributed by atoms with Crippen molar-refractivity contribution in [3.05, 3.63) is 72.9 Å². The summed E-state index contributed by atoms with van der Waals surface area (Å²) in [7, 11) is 0. The number of phenolic OH excluding ortho intramolecular Hbond substituents is 2. The molecule has 11 heteroatoms. The van der Waals surface area contributed by atoms with Crippen LogP contribution in [0.2, 0.25) is 0 Å². The summed E-state index contributed by atoms with van der Waals surface area (Å²) in [5.74, 6) is 0.220. The monoisotopic (exact) mass is 730 g/mol. The zero-order chi connectivity index (χ0) is 31.7. The predicted molar refractivity (Wildman–Crippen MR) is 173 cm³/mol. The number of hydrogen-bond acceptors (Lipinski definition) is 9. The molecule has 2 N–H and O–H groups in total. The van der Waals surface area contributed by atoms with E-state index < -0.39 is 11.3 Å². The molecule has 0 fully saturated rings. The number of phenols is 2. The Hall–Kier alpha value is -3.44. The van der Waals surface area contributed by atoms with Gasteiger partial charge in [-0.05, 0) is 47.9 Å². The van der Waals surface area contributed by atoms with E-state index in [0.717, 1.165) is 29.3 Å². The van der Waals surface area contributed by atoms with Crippen molar-refractivity contribution in [1.29, 1.82) is 0 Å². The summed E-state index contributed by atoms with van der Waals surface area (Å²) in [6.07, 6.45) is 3.97. The zero-order valence-electron chi connectivity index (χ0n) is 24.3. The van der Waals surface area contributed by atoms with Crippen molar-refractivity contribution in [2.45, 2.75) is 64.9 Å². The number of Topliss-reactive ketones (excluding diaryl/α,β-unsaturated/α-hetero) is 2. The number of rotatable bonds is 6. The lowest BCUT2D eigenvalue weighted by Gasteiger charge is -2.24. The van der Waals surface area contributed by atoms with Crippen molar-refractivity contribution < 1.29 is 33.4 Å². The third-order valence-corrected chi connectivity index (χ3v) is 9.52. The van der Waals surface area contributed by atoms with Gasteiger partial charge < -0.3 is 23.8 Å². The van der Waals surface area contributed by atoms with Gasteiger partial charge in [0.2, 0.25) is 0 Å². The van der Waals surface area contributed by atoms with E-state index in [1.54, 1.807) is 6.07 Å². The van der Waals surface area contributed by atoms with Crippen molar-refractivity contribution in [2.75, 3.05) is 10.7 Å². The third-order valence-electron chi connectivity index (χ3n) is 7.89. The maximum absolute atomic E-state index is 12.4. The molecule has 9 nitrogen and oxygen atoms in total. The summed E-state index contributed by atoms with van der Waals surface area (Å²) in [6.45, 7) is 3.98. The SMILES string of the molecule is CCCc1cc(=O)oc2c3c(cc(O)c12)OC(CBr)CC3=O.CCCc1cc(=O)oc2cc3c(c(O)c12)C(=O)CC(CBr)C3. The van der Waals surface area contributed by atoms with Gasteiger partial charge in [0.1, 0.15) is 34.5 Å². The number of benzene rings is 2. The largest absolute Gasteiger partial charge is 0.507 e. The van der Waals surface area contributed by atoms with Crippen molar-refractivity contribution >= 4 is 65.4 Å². The highest BCUT2D eigenvalue weighted by Crippen LogP contribution is 2.41. The minimum absolute atomic E-state index is 0.0299. The third kappa shape index (κ3) is 6.08. The number of carbonyl (C=O) groups excluding carboxylic acids is 2. The van der Waals surface area contributed by atoms with Crippen LogP contribution in [0.25, 0.3) is 21.9 Å². The summed E-state index contributed by atoms with van der Waals surface area (Å²) >= 11 is 6.70. The number of alkyl halides is 2. The second-order valence-corrected chi connectivity index (χ2v) is 12.5. The number of ketones is 2. The normalized spacial score (nSPS) is 17.5. The van der Waals surface area contributed by atoms with Crippen molar-refractivity contribution in [1.82, 2.24) is 0 Å². The van der Waals surface area contributed by atoms with Crippen LogP contribution in [-0.2, 0) is 19.3 Å². The first-order chi connectivity index (χ1) is 21.1. The van der Waals surface area contributed by atoms with Crippen LogP contribution < -0.4 is 16.0 Å². The molecule has 2 aromatic carbocycles. The molecule has 0 saturated heterocycles. The van der Waals surface area contributed by atoms with Gasteiger partial charge in [0.25, 0.3) is 0 Å². The quantitative estimate of drug-likeness (QED) is 0.162. The Morgan fingerprint density at radius 1 is 0.773 bits per heavy atom. The molecule has 2 atom stereocenters. The average molecular weight is 732 g/mol. The van der Waals surface area contributed by atoms with Gasteiger partial charge >= 0.3 is 11.3 Å². The van der Waals surface area contributed by atoms with E-state index in [9.17, 15) is 29.4 Å². The van der Waals surface area contributed by atoms with E-state index in [4.69, 9.17) is 13.6 Å². The second-order valence-electron chi connectivity index (χ2n) is 11.2. The Morgan fingerprint density at radius 3 is 2.05 bits per heavy atom. The summed E-state index contributed by atoms with van der Waals surface area (Å²) in [5, 5.41) is 23.1. The molecular weight excluding hydrogens is 700 g/mol. The van der Waals surface area contributed by atoms with Crippen LogP contribution in [0.1, 0.15) is 76.9 Å². The number of aryl methyl sites for hydroxylation is 2. The number of ether oxygens (including phenoxy) is 1. The second kappa shape index (κ2) is 13.3. The first kappa shape index (κ1) is 32.0. The van der Waals surface area contributed by atoms with Gasteiger partial charge in [-0.2, -0.15) is 0 Å². The summed E-state index contributed by atoms with van der Waals surface area (Å²) in [6, 6.07) is 5.96. The van der Waals surface area contributed by atoms with Crippen LogP contribution in [0.5, 0.6) is 17.2 Å². The molecule has 0 radical (unpaired) electrons. The van der Waals surface area contributed by atoms with Crippen molar-refractivity contribution in [3.8, 4) is 17.2 Å². The van der Waals surface area contributed by atoms with Crippen molar-refractivity contribution in [2.24, 2.45) is 5.92 Å². The molecule has 2 aliphatic rings. The number of hydrogen-bond donors (Lipinski definition) is 2. The average Bonchev–Trinajstić information content (AvgIpc) is 2.96. The molecule has 0 spiro atoms. The fourth-order valence-corrected chi connectivity index (χ4v) is 6.87. The van der Waals surface area contributed by atoms with Crippen LogP contribution in [0.3, 0.4) is 0 Å². The fourth-order valence-electron chi connectivity index (χ4n) is 6.05. The first-order valence-corrected chi connectivity index (χ1v) is 16.8. The molecule has 3 heterocycles. The van der Waals surface area contributed by atoms with E-state index in [2.05, 4.69) is 31.9 Å². The van der Waals surface area contributed by atoms with Crippen molar-refractivity contribution in [3.63, 3.8) is 0 Å². The highest BCUT2D eigenvalue weighted by Gasteiger charge is 2.32. The molecule has 0 bridgehead atoms. The number of carbonyl (C=O) groups is 2. The molecule has 44 heavy (non-hydrogen) atoms. The van der Waals surface area contributed by atoms with Gasteiger partial charge in [-0.15, -0.1) is 0 Å². The summed E-state index contributed by atoms with van der Waals surface area (Å²) < 4.78 is 16.2. The van der Waals surface area contributed by atoms with Gasteiger partial charge in [0.15, 0.2) is 17.1 Å². The Labute approximate surface area is 269 Å². The zero-order valence-corrected chi connectivity index (χ0v) is 27.5. The Bertz CT molecular complexity index is 1870. The van der Waals surface area contributed by atoms with Crippen LogP contribution in [0.4, 0.5) is 0 Å². The molecular formula is C33H32Br2O9. The molecule has 2 unspecified atom stereocenters. The van der Waals surface area contributed by atoms with Crippen LogP contribution >= 0.6 is 31.9 Å². The standard InChI is InChI=1S/C17H17BrO4.C16H15BrO5/c1-2-3-10-7-14(20)22-13-6-11-4-9(8-18)5-12(19)15(11)17(21)16(10)13;1-2-3-8-4-13(20)22-16-14(8)11(19)6-12-15(16)10(18)5-9(7-17)21-12/h6-7,9,21H,2-5,8H2,1H3;4,6,9,19H,2-3,5,7H2,1H3. The minimum atomic E-state index is -0.529. The summed E-state index contributed by atoms with van der Waals surface area (Å²) in [4.78, 5) is 48.3. The molecule has 4 aromatic rings. The highest BCUT2D eigenvalue weighted by atomic mass is 79.9. The summed E-state index contributed by atoms with van der Waals surface area (Å²) in [5.41, 5.74) is 2.39. The van der Waals surface area contributed by atoms with Gasteiger partial charge in [-0.1, -0.05) is 58.5 Å². The van der Waals surface area contributed by atoms with Gasteiger partial charge in [-0.25, -0.2) is 9.59 Å². The molecule has 232 valence electrons. The predicted octanol–water partition coefficient (Wildman–Crippen LogP) is 6.77. The van der Waals surface area contributed by atoms with E-state index in [1.807, 2.05) is 13.8 Å². The van der Waals surface area contributed by atoms with E-state index >= 15 is 0 Å². The molecule has 0 amide bonds. The maximum atomic E-state index is 12.4. The lowest BCUT2D eigenvalue weighted by atomic mass is 9.82. The molecule has 2 aromatic heterocycles. The highest BCUT2D eigenvalue weighted by molar-refractivity contribution is 9.09. The van der Waals surface area contributed by atoms with Crippen LogP contribution in [0, 0.1) is 5.92 Å². The lowest BCUT2D eigenvalue weighted by Crippen LogP contribution is -2.28. The van der Waals surface area contributed by atoms with Gasteiger partial charge in [0, 0.05) is 41.7 Å². The molecule has 6 rings (SSSR count). The Balaban J connectivity index is 0.000000175. The minimum Gasteiger partial charge on any atom is -0.507 e. The van der Waals surface area contributed by atoms with Crippen LogP contribution in [0.15, 0.2) is 42.7 Å². The van der Waals surface area contributed by atoms with E-state index in [-0.39, 0.29) is 58.4 Å². The van der Waals surface area contributed by atoms with E-state index in [0.29, 0.717) is 58.5 Å². The van der Waals surface area contributed by atoms with Gasteiger partial charge in [0.05, 0.1) is 16.3 Å². The lowest BCUT2D eigenvalue weighted by molar-refractivity contribution is 0.0875. The number of aromatic hydroxyl groups is 2. The molecule has 1 aliphatic carbocycles. The fraction of sp³-hybridized carbons (Fsp3) is 0.394. The number of halogens is 2. The first-order valence-electron chi connectivity index (χ1n) is 14.6.